The molecule has 1 atom stereocenters. The van der Waals surface area contributed by atoms with Crippen molar-refractivity contribution in [3.05, 3.63) is 87.9 Å². The Morgan fingerprint density at radius 2 is 1.60 bits per heavy atom. The highest BCUT2D eigenvalue weighted by atomic mass is 35.5. The number of nitrogens with one attached hydrogen (secondary N) is 1. The number of hydrogen-bond donors (Lipinski definition) is 1. The third-order valence-corrected chi connectivity index (χ3v) is 8.71. The highest BCUT2D eigenvalue weighted by Crippen LogP contribution is 2.27. The van der Waals surface area contributed by atoms with Gasteiger partial charge in [-0.05, 0) is 81.8 Å². The van der Waals surface area contributed by atoms with Gasteiger partial charge in [0.05, 0.1) is 27.2 Å². The fraction of sp³-hybridized carbons (Fsp3) is 0.310. The smallest absolute Gasteiger partial charge is 0.264 e. The van der Waals surface area contributed by atoms with E-state index >= 15 is 0 Å². The molecule has 11 heteroatoms. The molecule has 8 nitrogen and oxygen atoms in total. The number of ether oxygens (including phenoxy) is 1. The molecule has 0 unspecified atom stereocenters. The van der Waals surface area contributed by atoms with E-state index < -0.39 is 28.5 Å². The summed E-state index contributed by atoms with van der Waals surface area (Å²) in [6.45, 7) is 7.38. The average Bonchev–Trinajstić information content (AvgIpc) is 2.93. The average molecular weight is 607 g/mol. The van der Waals surface area contributed by atoms with Gasteiger partial charge < -0.3 is 15.0 Å². The minimum atomic E-state index is -4.18. The normalized spacial score (nSPS) is 11.9. The fourth-order valence-corrected chi connectivity index (χ4v) is 5.72. The van der Waals surface area contributed by atoms with Crippen LogP contribution in [0.4, 0.5) is 5.69 Å². The Morgan fingerprint density at radius 1 is 0.950 bits per heavy atom. The van der Waals surface area contributed by atoms with Crippen molar-refractivity contribution < 1.29 is 22.7 Å². The monoisotopic (exact) mass is 605 g/mol. The molecular formula is C29H33Cl2N3O5S. The molecule has 0 radical (unpaired) electrons. The van der Waals surface area contributed by atoms with Crippen LogP contribution in [0.5, 0.6) is 5.75 Å². The van der Waals surface area contributed by atoms with Crippen molar-refractivity contribution in [2.75, 3.05) is 24.0 Å². The Bertz CT molecular complexity index is 1430. The number of carbonyl (C=O) groups is 2. The number of rotatable bonds is 12. The second kappa shape index (κ2) is 13.9. The summed E-state index contributed by atoms with van der Waals surface area (Å²) in [7, 11) is -4.18. The molecule has 3 rings (SSSR count). The maximum atomic E-state index is 13.9. The summed E-state index contributed by atoms with van der Waals surface area (Å²) in [5.74, 6) is -0.407. The predicted molar refractivity (Wildman–Crippen MR) is 158 cm³/mol. The summed E-state index contributed by atoms with van der Waals surface area (Å²) >= 11 is 12.3. The minimum Gasteiger partial charge on any atom is -0.494 e. The number of halogens is 2. The molecule has 3 aromatic carbocycles. The largest absolute Gasteiger partial charge is 0.494 e. The van der Waals surface area contributed by atoms with Gasteiger partial charge in [0.25, 0.3) is 10.0 Å². The first-order valence-electron chi connectivity index (χ1n) is 12.8. The SMILES string of the molecule is CCNC(=O)[C@H](C)N(Cc1ccc(Cl)c(Cl)c1)C(=O)CN(c1ccc(C)cc1)S(=O)(=O)c1ccc(OCC)cc1. The van der Waals surface area contributed by atoms with Crippen LogP contribution in [0.25, 0.3) is 0 Å². The zero-order valence-electron chi connectivity index (χ0n) is 22.9. The Labute approximate surface area is 245 Å². The standard InChI is InChI=1S/C29H33Cl2N3O5S/c1-5-32-29(36)21(4)33(18-22-9-16-26(30)27(31)17-22)28(35)19-34(23-10-7-20(3)8-11-23)40(37,38)25-14-12-24(13-15-25)39-6-2/h7-17,21H,5-6,18-19H2,1-4H3,(H,32,36)/t21-/m0/s1. The first-order valence-corrected chi connectivity index (χ1v) is 15.0. The van der Waals surface area contributed by atoms with Crippen LogP contribution in [0.15, 0.2) is 71.6 Å². The Hall–Kier alpha value is -3.27. The molecule has 0 aliphatic carbocycles. The third kappa shape index (κ3) is 7.68. The molecule has 0 saturated carbocycles. The lowest BCUT2D eigenvalue weighted by molar-refractivity contribution is -0.139. The molecule has 3 aromatic rings. The van der Waals surface area contributed by atoms with E-state index in [0.29, 0.717) is 40.2 Å². The minimum absolute atomic E-state index is 0.00265. The number of likely N-dealkylation sites (N-methyl/N-ethyl adjacent to an activating group) is 1. The number of sulfonamides is 1. The van der Waals surface area contributed by atoms with Crippen LogP contribution in [0, 0.1) is 6.92 Å². The molecule has 0 fully saturated rings. The lowest BCUT2D eigenvalue weighted by Gasteiger charge is -2.32. The third-order valence-electron chi connectivity index (χ3n) is 6.18. The van der Waals surface area contributed by atoms with E-state index in [2.05, 4.69) is 5.32 Å². The van der Waals surface area contributed by atoms with Gasteiger partial charge in [0.1, 0.15) is 18.3 Å². The van der Waals surface area contributed by atoms with Gasteiger partial charge in [-0.2, -0.15) is 0 Å². The van der Waals surface area contributed by atoms with Gasteiger partial charge in [-0.3, -0.25) is 13.9 Å². The van der Waals surface area contributed by atoms with Crippen molar-refractivity contribution in [1.82, 2.24) is 10.2 Å². The number of benzene rings is 3. The molecule has 0 spiro atoms. The Kier molecular flexibility index (Phi) is 10.8. The van der Waals surface area contributed by atoms with Gasteiger partial charge in [-0.15, -0.1) is 0 Å². The number of nitrogens with zero attached hydrogens (tertiary/aromatic N) is 2. The Morgan fingerprint density at radius 3 is 2.17 bits per heavy atom. The first kappa shape index (κ1) is 31.3. The van der Waals surface area contributed by atoms with Gasteiger partial charge in [0, 0.05) is 13.1 Å². The summed E-state index contributed by atoms with van der Waals surface area (Å²) < 4.78 is 34.3. The van der Waals surface area contributed by atoms with Crippen molar-refractivity contribution >= 4 is 50.7 Å². The summed E-state index contributed by atoms with van der Waals surface area (Å²) in [4.78, 5) is 28.0. The molecular weight excluding hydrogens is 573 g/mol. The van der Waals surface area contributed by atoms with Crippen molar-refractivity contribution in [2.24, 2.45) is 0 Å². The number of anilines is 1. The van der Waals surface area contributed by atoms with Crippen molar-refractivity contribution in [3.8, 4) is 5.75 Å². The van der Waals surface area contributed by atoms with E-state index in [1.165, 1.54) is 17.0 Å². The molecule has 0 saturated heterocycles. The quantitative estimate of drug-likeness (QED) is 0.296. The molecule has 0 aliphatic rings. The highest BCUT2D eigenvalue weighted by Gasteiger charge is 2.32. The van der Waals surface area contributed by atoms with Crippen LogP contribution in [-0.4, -0.2) is 50.9 Å². The zero-order chi connectivity index (χ0) is 29.4. The van der Waals surface area contributed by atoms with Crippen LogP contribution in [0.3, 0.4) is 0 Å². The lowest BCUT2D eigenvalue weighted by Crippen LogP contribution is -2.51. The van der Waals surface area contributed by atoms with E-state index in [1.807, 2.05) is 13.8 Å². The summed E-state index contributed by atoms with van der Waals surface area (Å²) in [6, 6.07) is 16.9. The van der Waals surface area contributed by atoms with Gasteiger partial charge >= 0.3 is 0 Å². The van der Waals surface area contributed by atoms with Gasteiger partial charge in [0.15, 0.2) is 0 Å². The number of hydrogen-bond acceptors (Lipinski definition) is 5. The highest BCUT2D eigenvalue weighted by molar-refractivity contribution is 7.92. The molecule has 1 N–H and O–H groups in total. The van der Waals surface area contributed by atoms with Crippen LogP contribution >= 0.6 is 23.2 Å². The maximum Gasteiger partial charge on any atom is 0.264 e. The molecule has 0 aliphatic heterocycles. The van der Waals surface area contributed by atoms with Gasteiger partial charge in [0.2, 0.25) is 11.8 Å². The molecule has 2 amide bonds. The van der Waals surface area contributed by atoms with Gasteiger partial charge in [-0.25, -0.2) is 8.42 Å². The van der Waals surface area contributed by atoms with E-state index in [-0.39, 0.29) is 17.3 Å². The predicted octanol–water partition coefficient (Wildman–Crippen LogP) is 5.45. The van der Waals surface area contributed by atoms with Crippen LogP contribution < -0.4 is 14.4 Å². The van der Waals surface area contributed by atoms with Crippen LogP contribution in [-0.2, 0) is 26.2 Å². The van der Waals surface area contributed by atoms with Crippen LogP contribution in [0.1, 0.15) is 31.9 Å². The molecule has 0 heterocycles. The topological polar surface area (TPSA) is 96.0 Å². The summed E-state index contributed by atoms with van der Waals surface area (Å²) in [6.07, 6.45) is 0. The Balaban J connectivity index is 2.02. The second-order valence-corrected chi connectivity index (χ2v) is 11.8. The maximum absolute atomic E-state index is 13.9. The van der Waals surface area contributed by atoms with Crippen molar-refractivity contribution in [3.63, 3.8) is 0 Å². The lowest BCUT2D eigenvalue weighted by atomic mass is 10.1. The molecule has 0 bridgehead atoms. The van der Waals surface area contributed by atoms with E-state index in [4.69, 9.17) is 27.9 Å². The van der Waals surface area contributed by atoms with Gasteiger partial charge in [-0.1, -0.05) is 47.0 Å². The van der Waals surface area contributed by atoms with E-state index in [1.54, 1.807) is 68.4 Å². The molecule has 40 heavy (non-hydrogen) atoms. The van der Waals surface area contributed by atoms with E-state index in [9.17, 15) is 18.0 Å². The second-order valence-electron chi connectivity index (χ2n) is 9.09. The fourth-order valence-electron chi connectivity index (χ4n) is 3.98. The molecule has 0 aromatic heterocycles. The van der Waals surface area contributed by atoms with Crippen LogP contribution in [0.2, 0.25) is 10.0 Å². The molecule has 214 valence electrons. The van der Waals surface area contributed by atoms with Crippen molar-refractivity contribution in [1.29, 1.82) is 0 Å². The number of carbonyl (C=O) groups excluding carboxylic acids is 2. The summed E-state index contributed by atoms with van der Waals surface area (Å²) in [5, 5.41) is 3.38. The van der Waals surface area contributed by atoms with E-state index in [0.717, 1.165) is 9.87 Å². The summed E-state index contributed by atoms with van der Waals surface area (Å²) in [5.41, 5.74) is 1.88. The van der Waals surface area contributed by atoms with Crippen molar-refractivity contribution in [2.45, 2.75) is 45.2 Å². The first-order chi connectivity index (χ1) is 19.0. The number of aryl methyl sites for hydroxylation is 1. The number of amides is 2. The zero-order valence-corrected chi connectivity index (χ0v) is 25.2.